The summed E-state index contributed by atoms with van der Waals surface area (Å²) in [7, 11) is 0. The molecule has 1 aromatic carbocycles. The van der Waals surface area contributed by atoms with Gasteiger partial charge in [-0.1, -0.05) is 18.2 Å². The molecule has 0 saturated carbocycles. The minimum atomic E-state index is -0.0406. The van der Waals surface area contributed by atoms with Gasteiger partial charge in [-0.3, -0.25) is 4.79 Å². The van der Waals surface area contributed by atoms with E-state index in [9.17, 15) is 4.79 Å². The summed E-state index contributed by atoms with van der Waals surface area (Å²) in [4.78, 5) is 12.2. The second-order valence-electron chi connectivity index (χ2n) is 4.96. The van der Waals surface area contributed by atoms with Crippen molar-refractivity contribution < 1.29 is 4.79 Å². The van der Waals surface area contributed by atoms with E-state index >= 15 is 0 Å². The molecule has 2 aliphatic rings. The molecular weight excluding hydrogens is 244 g/mol. The van der Waals surface area contributed by atoms with Gasteiger partial charge in [-0.05, 0) is 36.6 Å². The molecule has 0 aromatic heterocycles. The number of carbonyl (C=O) groups excluding carboxylic acids is 1. The smallest absolute Gasteiger partial charge is 0.241 e. The molecule has 1 amide bonds. The minimum Gasteiger partial charge on any atom is -0.324 e. The Morgan fingerprint density at radius 3 is 3.00 bits per heavy atom. The van der Waals surface area contributed by atoms with Gasteiger partial charge < -0.3 is 10.6 Å². The molecule has 2 atom stereocenters. The van der Waals surface area contributed by atoms with Gasteiger partial charge in [0.1, 0.15) is 0 Å². The molecule has 1 fully saturated rings. The summed E-state index contributed by atoms with van der Waals surface area (Å²) in [5.74, 6) is 2.47. The van der Waals surface area contributed by atoms with E-state index in [1.807, 2.05) is 30.0 Å². The number of fused-ring (bicyclic) bond motifs is 1. The molecule has 4 heteroatoms. The average molecular weight is 262 g/mol. The van der Waals surface area contributed by atoms with Crippen LogP contribution in [0.25, 0.3) is 0 Å². The second-order valence-corrected chi connectivity index (χ2v) is 6.11. The number of carbonyl (C=O) groups is 1. The van der Waals surface area contributed by atoms with Gasteiger partial charge in [0.25, 0.3) is 0 Å². The molecule has 1 saturated heterocycles. The normalized spacial score (nSPS) is 27.4. The molecule has 96 valence electrons. The van der Waals surface area contributed by atoms with Gasteiger partial charge >= 0.3 is 0 Å². The van der Waals surface area contributed by atoms with Crippen LogP contribution in [0.5, 0.6) is 0 Å². The van der Waals surface area contributed by atoms with E-state index in [0.29, 0.717) is 6.04 Å². The Kier molecular flexibility index (Phi) is 3.57. The lowest BCUT2D eigenvalue weighted by Crippen LogP contribution is -2.45. The molecule has 0 radical (unpaired) electrons. The first-order valence-electron chi connectivity index (χ1n) is 6.55. The van der Waals surface area contributed by atoms with Crippen LogP contribution in [0.1, 0.15) is 18.4 Å². The molecule has 2 heterocycles. The van der Waals surface area contributed by atoms with Crippen molar-refractivity contribution in [3.05, 3.63) is 29.8 Å². The summed E-state index contributed by atoms with van der Waals surface area (Å²) in [6, 6.07) is 8.56. The maximum absolute atomic E-state index is 12.2. The van der Waals surface area contributed by atoms with Crippen molar-refractivity contribution in [3.8, 4) is 0 Å². The van der Waals surface area contributed by atoms with Crippen LogP contribution in [0.4, 0.5) is 5.69 Å². The highest BCUT2D eigenvalue weighted by Gasteiger charge is 2.26. The van der Waals surface area contributed by atoms with Gasteiger partial charge in [0.15, 0.2) is 0 Å². The van der Waals surface area contributed by atoms with Crippen molar-refractivity contribution in [2.45, 2.75) is 31.3 Å². The molecule has 0 spiro atoms. The van der Waals surface area contributed by atoms with E-state index in [4.69, 9.17) is 0 Å². The van der Waals surface area contributed by atoms with E-state index in [1.165, 1.54) is 17.7 Å². The zero-order valence-electron chi connectivity index (χ0n) is 10.3. The predicted molar refractivity (Wildman–Crippen MR) is 76.0 cm³/mol. The van der Waals surface area contributed by atoms with Gasteiger partial charge in [-0.25, -0.2) is 0 Å². The number of nitrogens with one attached hydrogen (secondary N) is 2. The first-order valence-corrected chi connectivity index (χ1v) is 7.71. The van der Waals surface area contributed by atoms with Gasteiger partial charge in [0.2, 0.25) is 5.91 Å². The lowest BCUT2D eigenvalue weighted by Gasteiger charge is -2.19. The van der Waals surface area contributed by atoms with Gasteiger partial charge in [0, 0.05) is 17.5 Å². The van der Waals surface area contributed by atoms with Crippen LogP contribution in [0, 0.1) is 0 Å². The molecule has 1 aromatic rings. The van der Waals surface area contributed by atoms with Crippen LogP contribution < -0.4 is 10.6 Å². The highest BCUT2D eigenvalue weighted by molar-refractivity contribution is 7.99. The fourth-order valence-electron chi connectivity index (χ4n) is 2.62. The lowest BCUT2D eigenvalue weighted by molar-refractivity contribution is -0.118. The van der Waals surface area contributed by atoms with Crippen molar-refractivity contribution in [3.63, 3.8) is 0 Å². The quantitative estimate of drug-likeness (QED) is 0.857. The molecule has 0 bridgehead atoms. The Morgan fingerprint density at radius 1 is 1.28 bits per heavy atom. The van der Waals surface area contributed by atoms with Crippen LogP contribution in [-0.4, -0.2) is 29.5 Å². The largest absolute Gasteiger partial charge is 0.324 e. The summed E-state index contributed by atoms with van der Waals surface area (Å²) in [5, 5.41) is 6.55. The molecule has 2 N–H and O–H groups in total. The first kappa shape index (κ1) is 12.1. The molecule has 18 heavy (non-hydrogen) atoms. The zero-order valence-corrected chi connectivity index (χ0v) is 11.1. The van der Waals surface area contributed by atoms with Crippen LogP contribution in [0.3, 0.4) is 0 Å². The molecule has 3 nitrogen and oxygen atoms in total. The van der Waals surface area contributed by atoms with Crippen LogP contribution in [0.2, 0.25) is 0 Å². The molecule has 0 aliphatic carbocycles. The Hall–Kier alpha value is -1.00. The number of benzene rings is 1. The summed E-state index contributed by atoms with van der Waals surface area (Å²) in [6.45, 7) is 0. The number of hydrogen-bond donors (Lipinski definition) is 2. The summed E-state index contributed by atoms with van der Waals surface area (Å²) < 4.78 is 0. The first-order chi connectivity index (χ1) is 8.83. The molecule has 3 rings (SSSR count). The summed E-state index contributed by atoms with van der Waals surface area (Å²) in [6.07, 6.45) is 3.04. The van der Waals surface area contributed by atoms with Gasteiger partial charge in [-0.15, -0.1) is 0 Å². The standard InChI is InChI=1S/C14H18N2OS/c17-14-13(15-11-7-8-18-9-11)6-5-10-3-1-2-4-12(10)16-14/h1-4,11,13,15H,5-9H2,(H,16,17). The SMILES string of the molecule is O=C1Nc2ccccc2CCC1NC1CCSC1. The van der Waals surface area contributed by atoms with Crippen molar-refractivity contribution in [2.75, 3.05) is 16.8 Å². The van der Waals surface area contributed by atoms with Crippen LogP contribution in [0.15, 0.2) is 24.3 Å². The van der Waals surface area contributed by atoms with Gasteiger partial charge in [-0.2, -0.15) is 11.8 Å². The van der Waals surface area contributed by atoms with E-state index in [0.717, 1.165) is 24.3 Å². The summed E-state index contributed by atoms with van der Waals surface area (Å²) >= 11 is 1.97. The van der Waals surface area contributed by atoms with Crippen molar-refractivity contribution in [1.29, 1.82) is 0 Å². The highest BCUT2D eigenvalue weighted by atomic mass is 32.2. The van der Waals surface area contributed by atoms with Crippen LogP contribution in [-0.2, 0) is 11.2 Å². The fraction of sp³-hybridized carbons (Fsp3) is 0.500. The number of hydrogen-bond acceptors (Lipinski definition) is 3. The minimum absolute atomic E-state index is 0.0406. The third kappa shape index (κ3) is 2.54. The molecule has 2 aliphatic heterocycles. The predicted octanol–water partition coefficient (Wildman–Crippen LogP) is 2.03. The second kappa shape index (κ2) is 5.33. The lowest BCUT2D eigenvalue weighted by atomic mass is 10.1. The van der Waals surface area contributed by atoms with E-state index < -0.39 is 0 Å². The Labute approximate surface area is 112 Å². The van der Waals surface area contributed by atoms with Crippen molar-refractivity contribution >= 4 is 23.4 Å². The van der Waals surface area contributed by atoms with E-state index in [2.05, 4.69) is 16.7 Å². The monoisotopic (exact) mass is 262 g/mol. The molecule has 2 unspecified atom stereocenters. The highest BCUT2D eigenvalue weighted by Crippen LogP contribution is 2.23. The maximum atomic E-state index is 12.2. The van der Waals surface area contributed by atoms with Crippen molar-refractivity contribution in [1.82, 2.24) is 5.32 Å². The third-order valence-corrected chi connectivity index (χ3v) is 4.82. The number of anilines is 1. The Morgan fingerprint density at radius 2 is 2.17 bits per heavy atom. The topological polar surface area (TPSA) is 41.1 Å². The van der Waals surface area contributed by atoms with E-state index in [1.54, 1.807) is 0 Å². The number of para-hydroxylation sites is 1. The zero-order chi connectivity index (χ0) is 12.4. The Bertz CT molecular complexity index is 443. The molecular formula is C14H18N2OS. The Balaban J connectivity index is 1.70. The van der Waals surface area contributed by atoms with Crippen molar-refractivity contribution in [2.24, 2.45) is 0 Å². The maximum Gasteiger partial charge on any atom is 0.241 e. The summed E-state index contributed by atoms with van der Waals surface area (Å²) in [5.41, 5.74) is 2.23. The van der Waals surface area contributed by atoms with E-state index in [-0.39, 0.29) is 11.9 Å². The third-order valence-electron chi connectivity index (χ3n) is 3.66. The van der Waals surface area contributed by atoms with Crippen LogP contribution >= 0.6 is 11.8 Å². The number of thioether (sulfide) groups is 1. The van der Waals surface area contributed by atoms with Gasteiger partial charge in [0.05, 0.1) is 6.04 Å². The average Bonchev–Trinajstić information content (AvgIpc) is 2.83. The number of rotatable bonds is 2. The number of aryl methyl sites for hydroxylation is 1. The number of amides is 1. The fourth-order valence-corrected chi connectivity index (χ4v) is 3.79.